The van der Waals surface area contributed by atoms with Crippen LogP contribution in [-0.2, 0) is 5.41 Å². The molecule has 0 N–H and O–H groups in total. The molecule has 0 saturated carbocycles. The summed E-state index contributed by atoms with van der Waals surface area (Å²) in [7, 11) is 0. The number of anilines is 3. The minimum Gasteiger partial charge on any atom is -0.456 e. The van der Waals surface area contributed by atoms with Crippen LogP contribution >= 0.6 is 0 Å². The zero-order valence-electron chi connectivity index (χ0n) is 29.8. The van der Waals surface area contributed by atoms with Crippen LogP contribution in [0.1, 0.15) is 25.0 Å². The monoisotopic (exact) mass is 679 g/mol. The summed E-state index contributed by atoms with van der Waals surface area (Å²) < 4.78 is 6.23. The minimum atomic E-state index is -0.0968. The Balaban J connectivity index is 1.05. The zero-order valence-corrected chi connectivity index (χ0v) is 29.8. The lowest BCUT2D eigenvalue weighted by atomic mass is 9.82. The first-order chi connectivity index (χ1) is 26.0. The van der Waals surface area contributed by atoms with Crippen LogP contribution in [0.15, 0.2) is 192 Å². The van der Waals surface area contributed by atoms with Gasteiger partial charge >= 0.3 is 0 Å². The molecule has 0 saturated heterocycles. The lowest BCUT2D eigenvalue weighted by Crippen LogP contribution is -2.16. The van der Waals surface area contributed by atoms with E-state index in [2.05, 4.69) is 195 Å². The quantitative estimate of drug-likeness (QED) is 0.174. The number of rotatable bonds is 6. The summed E-state index contributed by atoms with van der Waals surface area (Å²) in [5, 5.41) is 2.29. The molecule has 252 valence electrons. The predicted molar refractivity (Wildman–Crippen MR) is 222 cm³/mol. The normalized spacial score (nSPS) is 12.9. The summed E-state index contributed by atoms with van der Waals surface area (Å²) in [6, 6.07) is 67.9. The third-order valence-corrected chi connectivity index (χ3v) is 11.1. The Bertz CT molecular complexity index is 2790. The molecule has 8 aromatic carbocycles. The van der Waals surface area contributed by atoms with E-state index in [9.17, 15) is 0 Å². The number of benzene rings is 8. The molecule has 0 radical (unpaired) electrons. The van der Waals surface area contributed by atoms with Gasteiger partial charge in [-0.3, -0.25) is 0 Å². The van der Waals surface area contributed by atoms with Crippen molar-refractivity contribution in [1.29, 1.82) is 0 Å². The van der Waals surface area contributed by atoms with E-state index in [-0.39, 0.29) is 5.41 Å². The van der Waals surface area contributed by atoms with Crippen molar-refractivity contribution in [2.75, 3.05) is 4.90 Å². The van der Waals surface area contributed by atoms with Crippen LogP contribution in [-0.4, -0.2) is 0 Å². The highest BCUT2D eigenvalue weighted by Gasteiger charge is 2.35. The van der Waals surface area contributed by atoms with Gasteiger partial charge in [-0.2, -0.15) is 0 Å². The third kappa shape index (κ3) is 5.26. The average molecular weight is 680 g/mol. The summed E-state index contributed by atoms with van der Waals surface area (Å²) in [4.78, 5) is 2.38. The van der Waals surface area contributed by atoms with Gasteiger partial charge in [0.2, 0.25) is 0 Å². The second-order valence-corrected chi connectivity index (χ2v) is 14.6. The maximum absolute atomic E-state index is 6.23. The van der Waals surface area contributed by atoms with E-state index in [0.717, 1.165) is 50.1 Å². The Labute approximate surface area is 310 Å². The molecule has 9 aromatic rings. The van der Waals surface area contributed by atoms with Gasteiger partial charge in [-0.1, -0.05) is 141 Å². The standard InChI is InChI=1S/C51H37NO/c1-51(2)47-17-8-6-15-43(47)44-30-28-42(33-48(44)51)52(40-24-19-35(20-25-40)38-14-10-13-37(31-38)34-11-4-3-5-12-34)41-26-21-36(22-27-41)39-23-29-46-45-16-7-9-18-49(45)53-50(46)32-39/h3-33H,1-2H3. The van der Waals surface area contributed by atoms with Crippen molar-refractivity contribution in [2.24, 2.45) is 0 Å². The fourth-order valence-electron chi connectivity index (χ4n) is 8.30. The maximum atomic E-state index is 6.23. The van der Waals surface area contributed by atoms with Crippen molar-refractivity contribution < 1.29 is 4.42 Å². The molecule has 1 aliphatic rings. The second kappa shape index (κ2) is 12.3. The Morgan fingerprint density at radius 2 is 0.887 bits per heavy atom. The van der Waals surface area contributed by atoms with Crippen LogP contribution in [0.4, 0.5) is 17.1 Å². The summed E-state index contributed by atoms with van der Waals surface area (Å²) in [5.41, 5.74) is 17.6. The molecular formula is C51H37NO. The van der Waals surface area contributed by atoms with Gasteiger partial charge in [0.1, 0.15) is 11.2 Å². The second-order valence-electron chi connectivity index (χ2n) is 14.6. The van der Waals surface area contributed by atoms with Gasteiger partial charge < -0.3 is 9.32 Å². The van der Waals surface area contributed by atoms with Gasteiger partial charge in [-0.25, -0.2) is 0 Å². The molecule has 1 heterocycles. The molecule has 2 nitrogen and oxygen atoms in total. The van der Waals surface area contributed by atoms with Crippen LogP contribution in [0.2, 0.25) is 0 Å². The van der Waals surface area contributed by atoms with Crippen molar-refractivity contribution in [3.63, 3.8) is 0 Å². The van der Waals surface area contributed by atoms with Crippen LogP contribution < -0.4 is 4.90 Å². The third-order valence-electron chi connectivity index (χ3n) is 11.1. The number of hydrogen-bond acceptors (Lipinski definition) is 2. The van der Waals surface area contributed by atoms with E-state index in [1.165, 1.54) is 44.5 Å². The van der Waals surface area contributed by atoms with Crippen LogP contribution in [0.5, 0.6) is 0 Å². The largest absolute Gasteiger partial charge is 0.456 e. The molecule has 2 heteroatoms. The van der Waals surface area contributed by atoms with Crippen molar-refractivity contribution in [3.8, 4) is 44.5 Å². The summed E-state index contributed by atoms with van der Waals surface area (Å²) >= 11 is 0. The van der Waals surface area contributed by atoms with Gasteiger partial charge in [0.05, 0.1) is 0 Å². The Morgan fingerprint density at radius 1 is 0.358 bits per heavy atom. The van der Waals surface area contributed by atoms with Crippen LogP contribution in [0.3, 0.4) is 0 Å². The van der Waals surface area contributed by atoms with Crippen molar-refractivity contribution in [3.05, 3.63) is 199 Å². The molecular weight excluding hydrogens is 643 g/mol. The Hall–Kier alpha value is -6.64. The average Bonchev–Trinajstić information content (AvgIpc) is 3.70. The van der Waals surface area contributed by atoms with Gasteiger partial charge in [-0.05, 0) is 116 Å². The first-order valence-electron chi connectivity index (χ1n) is 18.3. The zero-order chi connectivity index (χ0) is 35.5. The van der Waals surface area contributed by atoms with Crippen molar-refractivity contribution in [2.45, 2.75) is 19.3 Å². The lowest BCUT2D eigenvalue weighted by molar-refractivity contribution is 0.660. The fourth-order valence-corrected chi connectivity index (χ4v) is 8.30. The Kier molecular flexibility index (Phi) is 7.19. The molecule has 0 atom stereocenters. The number of para-hydroxylation sites is 1. The van der Waals surface area contributed by atoms with E-state index in [1.54, 1.807) is 0 Å². The van der Waals surface area contributed by atoms with Gasteiger partial charge in [-0.15, -0.1) is 0 Å². The molecule has 0 unspecified atom stereocenters. The topological polar surface area (TPSA) is 16.4 Å². The number of furan rings is 1. The number of nitrogens with zero attached hydrogens (tertiary/aromatic N) is 1. The van der Waals surface area contributed by atoms with Gasteiger partial charge in [0.25, 0.3) is 0 Å². The van der Waals surface area contributed by atoms with Gasteiger partial charge in [0, 0.05) is 33.2 Å². The molecule has 0 aliphatic heterocycles. The van der Waals surface area contributed by atoms with E-state index in [4.69, 9.17) is 4.42 Å². The first-order valence-corrected chi connectivity index (χ1v) is 18.3. The molecule has 53 heavy (non-hydrogen) atoms. The molecule has 0 spiro atoms. The first kappa shape index (κ1) is 31.1. The van der Waals surface area contributed by atoms with Crippen molar-refractivity contribution in [1.82, 2.24) is 0 Å². The predicted octanol–water partition coefficient (Wildman–Crippen LogP) is 14.4. The fraction of sp³-hybridized carbons (Fsp3) is 0.0588. The molecule has 0 amide bonds. The van der Waals surface area contributed by atoms with E-state index in [1.807, 2.05) is 12.1 Å². The highest BCUT2D eigenvalue weighted by Crippen LogP contribution is 2.50. The number of fused-ring (bicyclic) bond motifs is 6. The smallest absolute Gasteiger partial charge is 0.136 e. The highest BCUT2D eigenvalue weighted by molar-refractivity contribution is 6.06. The minimum absolute atomic E-state index is 0.0968. The summed E-state index contributed by atoms with van der Waals surface area (Å²) in [6.07, 6.45) is 0. The van der Waals surface area contributed by atoms with E-state index in [0.29, 0.717) is 0 Å². The molecule has 1 aromatic heterocycles. The molecule has 0 fully saturated rings. The Morgan fingerprint density at radius 3 is 1.62 bits per heavy atom. The highest BCUT2D eigenvalue weighted by atomic mass is 16.3. The van der Waals surface area contributed by atoms with Gasteiger partial charge in [0.15, 0.2) is 0 Å². The summed E-state index contributed by atoms with van der Waals surface area (Å²) in [6.45, 7) is 4.69. The molecule has 10 rings (SSSR count). The van der Waals surface area contributed by atoms with E-state index < -0.39 is 0 Å². The maximum Gasteiger partial charge on any atom is 0.136 e. The molecule has 0 bridgehead atoms. The van der Waals surface area contributed by atoms with Crippen LogP contribution in [0, 0.1) is 0 Å². The van der Waals surface area contributed by atoms with E-state index >= 15 is 0 Å². The molecule has 1 aliphatic carbocycles. The summed E-state index contributed by atoms with van der Waals surface area (Å²) in [5.74, 6) is 0. The number of hydrogen-bond donors (Lipinski definition) is 0. The van der Waals surface area contributed by atoms with Crippen LogP contribution in [0.25, 0.3) is 66.4 Å². The lowest BCUT2D eigenvalue weighted by Gasteiger charge is -2.28. The van der Waals surface area contributed by atoms with Crippen molar-refractivity contribution >= 4 is 39.0 Å². The SMILES string of the molecule is CC1(C)c2ccccc2-c2ccc(N(c3ccc(-c4cccc(-c5ccccc5)c4)cc3)c3ccc(-c4ccc5c(c4)oc4ccccc45)cc3)cc21.